The van der Waals surface area contributed by atoms with Gasteiger partial charge in [0.1, 0.15) is 11.5 Å². The smallest absolute Gasteiger partial charge is 0.195 e. The van der Waals surface area contributed by atoms with Gasteiger partial charge in [-0.05, 0) is 40.9 Å². The van der Waals surface area contributed by atoms with Crippen molar-refractivity contribution in [1.29, 1.82) is 0 Å². The summed E-state index contributed by atoms with van der Waals surface area (Å²) in [7, 11) is 1.67. The molecule has 0 spiro atoms. The van der Waals surface area contributed by atoms with Crippen LogP contribution in [0.15, 0.2) is 36.4 Å². The predicted molar refractivity (Wildman–Crippen MR) is 107 cm³/mol. The van der Waals surface area contributed by atoms with Crippen LogP contribution in [0.1, 0.15) is 36.5 Å². The van der Waals surface area contributed by atoms with Crippen LogP contribution in [0.5, 0.6) is 11.5 Å². The van der Waals surface area contributed by atoms with Gasteiger partial charge in [-0.3, -0.25) is 9.67 Å². The molecular formula is C20H23N3O3S. The third-order valence-corrected chi connectivity index (χ3v) is 4.75. The fourth-order valence-corrected chi connectivity index (χ4v) is 3.19. The van der Waals surface area contributed by atoms with Gasteiger partial charge in [0.15, 0.2) is 10.6 Å². The van der Waals surface area contributed by atoms with Gasteiger partial charge in [-0.2, -0.15) is 5.10 Å². The summed E-state index contributed by atoms with van der Waals surface area (Å²) in [4.78, 5) is 0. The van der Waals surface area contributed by atoms with Gasteiger partial charge in [0.05, 0.1) is 18.7 Å². The molecule has 0 aliphatic carbocycles. The number of nitrogens with one attached hydrogen (secondary N) is 1. The maximum absolute atomic E-state index is 10.4. The molecule has 0 aliphatic heterocycles. The summed E-state index contributed by atoms with van der Waals surface area (Å²) in [5.41, 5.74) is 3.41. The van der Waals surface area contributed by atoms with Crippen molar-refractivity contribution >= 4 is 12.2 Å². The van der Waals surface area contributed by atoms with Gasteiger partial charge in [0, 0.05) is 13.2 Å². The highest BCUT2D eigenvalue weighted by atomic mass is 32.1. The van der Waals surface area contributed by atoms with Crippen molar-refractivity contribution < 1.29 is 14.9 Å². The second-order valence-corrected chi connectivity index (χ2v) is 7.16. The summed E-state index contributed by atoms with van der Waals surface area (Å²) in [5.74, 6) is 0.664. The minimum Gasteiger partial charge on any atom is -0.508 e. The Bertz CT molecular complexity index is 991. The number of aromatic hydroxyl groups is 2. The summed E-state index contributed by atoms with van der Waals surface area (Å²) >= 11 is 5.39. The van der Waals surface area contributed by atoms with E-state index in [1.54, 1.807) is 13.2 Å². The normalized spacial score (nSPS) is 11.3. The van der Waals surface area contributed by atoms with Crippen molar-refractivity contribution in [3.63, 3.8) is 0 Å². The number of benzene rings is 2. The third-order valence-electron chi connectivity index (χ3n) is 4.44. The highest BCUT2D eigenvalue weighted by Crippen LogP contribution is 2.37. The number of H-pyrrole nitrogens is 1. The maximum atomic E-state index is 10.4. The number of phenolic OH excluding ortho intramolecular Hbond substituents is 2. The van der Waals surface area contributed by atoms with Gasteiger partial charge >= 0.3 is 0 Å². The zero-order valence-corrected chi connectivity index (χ0v) is 16.4. The summed E-state index contributed by atoms with van der Waals surface area (Å²) in [6.45, 7) is 5.04. The highest BCUT2D eigenvalue weighted by molar-refractivity contribution is 7.71. The van der Waals surface area contributed by atoms with E-state index in [1.807, 2.05) is 42.7 Å². The lowest BCUT2D eigenvalue weighted by Gasteiger charge is -2.13. The summed E-state index contributed by atoms with van der Waals surface area (Å²) < 4.78 is 7.43. The lowest BCUT2D eigenvalue weighted by molar-refractivity contribution is 0.185. The quantitative estimate of drug-likeness (QED) is 0.550. The summed E-state index contributed by atoms with van der Waals surface area (Å²) in [6.07, 6.45) is 0. The minimum absolute atomic E-state index is 0.0393. The van der Waals surface area contributed by atoms with Crippen molar-refractivity contribution in [3.05, 3.63) is 57.9 Å². The highest BCUT2D eigenvalue weighted by Gasteiger charge is 2.18. The van der Waals surface area contributed by atoms with Gasteiger partial charge < -0.3 is 14.9 Å². The third kappa shape index (κ3) is 4.04. The molecule has 3 N–H and O–H groups in total. The number of methoxy groups -OCH3 is 1. The zero-order valence-electron chi connectivity index (χ0n) is 15.6. The lowest BCUT2D eigenvalue weighted by Crippen LogP contribution is -2.03. The van der Waals surface area contributed by atoms with Gasteiger partial charge in [-0.15, -0.1) is 0 Å². The summed E-state index contributed by atoms with van der Waals surface area (Å²) in [6, 6.07) is 11.2. The fraction of sp³-hybridized carbons (Fsp3) is 0.300. The Morgan fingerprint density at radius 1 is 1.11 bits per heavy atom. The first kappa shape index (κ1) is 19.1. The minimum atomic E-state index is -0.0393. The molecule has 6 nitrogen and oxygen atoms in total. The van der Waals surface area contributed by atoms with E-state index in [0.717, 1.165) is 16.7 Å². The zero-order chi connectivity index (χ0) is 19.6. The molecule has 0 amide bonds. The molecule has 7 heteroatoms. The molecule has 0 saturated carbocycles. The van der Waals surface area contributed by atoms with Crippen molar-refractivity contribution in [1.82, 2.24) is 14.8 Å². The average molecular weight is 385 g/mol. The monoisotopic (exact) mass is 385 g/mol. The molecule has 0 fully saturated rings. The second kappa shape index (κ2) is 7.94. The number of hydrogen-bond acceptors (Lipinski definition) is 5. The number of aromatic amines is 1. The van der Waals surface area contributed by atoms with Crippen LogP contribution < -0.4 is 0 Å². The van der Waals surface area contributed by atoms with Crippen molar-refractivity contribution in [2.45, 2.75) is 32.9 Å². The van der Waals surface area contributed by atoms with E-state index in [2.05, 4.69) is 10.2 Å². The Balaban J connectivity index is 2.00. The number of aromatic nitrogens is 3. The van der Waals surface area contributed by atoms with Crippen LogP contribution in [0.3, 0.4) is 0 Å². The number of phenols is 2. The van der Waals surface area contributed by atoms with E-state index in [0.29, 0.717) is 29.3 Å². The van der Waals surface area contributed by atoms with Crippen LogP contribution in [-0.4, -0.2) is 32.1 Å². The SMILES string of the molecule is COCc1ccc(Cn2c(-c3cc(C(C)C)c(O)cc3O)n[nH]c2=S)cc1. The fourth-order valence-electron chi connectivity index (χ4n) is 3.00. The molecule has 0 unspecified atom stereocenters. The number of rotatable bonds is 6. The van der Waals surface area contributed by atoms with Crippen molar-refractivity contribution in [3.8, 4) is 22.9 Å². The molecule has 0 saturated heterocycles. The topological polar surface area (TPSA) is 83.3 Å². The predicted octanol–water partition coefficient (Wildman–Crippen LogP) is 4.34. The first-order valence-corrected chi connectivity index (χ1v) is 9.09. The first-order chi connectivity index (χ1) is 12.9. The van der Waals surface area contributed by atoms with Gasteiger partial charge in [0.2, 0.25) is 0 Å². The summed E-state index contributed by atoms with van der Waals surface area (Å²) in [5, 5.41) is 27.6. The van der Waals surface area contributed by atoms with Gasteiger partial charge in [-0.25, -0.2) is 0 Å². The standard InChI is InChI=1S/C20H23N3O3S/c1-12(2)15-8-16(18(25)9-17(15)24)19-21-22-20(27)23(19)10-13-4-6-14(7-5-13)11-26-3/h4-9,12,24-25H,10-11H2,1-3H3,(H,22,27). The van der Waals surface area contributed by atoms with Crippen LogP contribution >= 0.6 is 12.2 Å². The Labute approximate surface area is 163 Å². The molecule has 27 heavy (non-hydrogen) atoms. The van der Waals surface area contributed by atoms with Gasteiger partial charge in [0.25, 0.3) is 0 Å². The van der Waals surface area contributed by atoms with Crippen LogP contribution in [0, 0.1) is 4.77 Å². The van der Waals surface area contributed by atoms with Crippen LogP contribution in [0.2, 0.25) is 0 Å². The number of hydrogen-bond donors (Lipinski definition) is 3. The first-order valence-electron chi connectivity index (χ1n) is 8.69. The van der Waals surface area contributed by atoms with E-state index >= 15 is 0 Å². The largest absolute Gasteiger partial charge is 0.508 e. The average Bonchev–Trinajstić information content (AvgIpc) is 2.97. The van der Waals surface area contributed by atoms with E-state index in [9.17, 15) is 10.2 Å². The Morgan fingerprint density at radius 3 is 2.41 bits per heavy atom. The molecule has 1 heterocycles. The molecule has 3 aromatic rings. The molecule has 1 aromatic heterocycles. The Kier molecular flexibility index (Phi) is 5.62. The van der Waals surface area contributed by atoms with E-state index in [-0.39, 0.29) is 17.4 Å². The molecule has 142 valence electrons. The van der Waals surface area contributed by atoms with E-state index in [4.69, 9.17) is 17.0 Å². The van der Waals surface area contributed by atoms with Crippen LogP contribution in [0.4, 0.5) is 0 Å². The number of nitrogens with zero attached hydrogens (tertiary/aromatic N) is 2. The van der Waals surface area contributed by atoms with E-state index in [1.165, 1.54) is 6.07 Å². The van der Waals surface area contributed by atoms with Crippen molar-refractivity contribution in [2.24, 2.45) is 0 Å². The van der Waals surface area contributed by atoms with Crippen molar-refractivity contribution in [2.75, 3.05) is 7.11 Å². The molecular weight excluding hydrogens is 362 g/mol. The Hall–Kier alpha value is -2.64. The molecule has 0 bridgehead atoms. The molecule has 3 rings (SSSR count). The van der Waals surface area contributed by atoms with Gasteiger partial charge in [-0.1, -0.05) is 38.1 Å². The molecule has 0 aliphatic rings. The van der Waals surface area contributed by atoms with E-state index < -0.39 is 0 Å². The molecule has 0 radical (unpaired) electrons. The maximum Gasteiger partial charge on any atom is 0.195 e. The Morgan fingerprint density at radius 2 is 1.78 bits per heavy atom. The molecule has 2 aromatic carbocycles. The van der Waals surface area contributed by atoms with Crippen LogP contribution in [-0.2, 0) is 17.9 Å². The van der Waals surface area contributed by atoms with Crippen LogP contribution in [0.25, 0.3) is 11.4 Å². The lowest BCUT2D eigenvalue weighted by atomic mass is 9.98. The second-order valence-electron chi connectivity index (χ2n) is 6.77. The molecule has 0 atom stereocenters. The number of ether oxygens (including phenoxy) is 1.